The molecule has 0 N–H and O–H groups in total. The van der Waals surface area contributed by atoms with Crippen molar-refractivity contribution < 1.29 is 13.9 Å². The largest absolute Gasteiger partial charge is 0.497 e. The van der Waals surface area contributed by atoms with E-state index in [1.807, 2.05) is 54.6 Å². The number of carbonyl (C=O) groups excluding carboxylic acids is 1. The summed E-state index contributed by atoms with van der Waals surface area (Å²) in [5.74, 6) is 0.118. The molecule has 0 radical (unpaired) electrons. The van der Waals surface area contributed by atoms with Crippen molar-refractivity contribution in [2.45, 2.75) is 12.5 Å². The number of rotatable bonds is 4. The number of methoxy groups -OCH3 is 1. The molecule has 1 aliphatic rings. The highest BCUT2D eigenvalue weighted by molar-refractivity contribution is 6.05. The van der Waals surface area contributed by atoms with E-state index in [0.717, 1.165) is 22.6 Å². The molecular weight excluding hydrogens is 355 g/mol. The van der Waals surface area contributed by atoms with E-state index in [9.17, 15) is 9.18 Å². The normalized spacial score (nSPS) is 16.0. The number of hydrogen-bond acceptors (Lipinski definition) is 3. The average Bonchev–Trinajstić information content (AvgIpc) is 3.20. The second-order valence-electron chi connectivity index (χ2n) is 6.56. The molecule has 4 nitrogen and oxygen atoms in total. The average molecular weight is 374 g/mol. The van der Waals surface area contributed by atoms with Crippen molar-refractivity contribution >= 4 is 11.6 Å². The Hall–Kier alpha value is -3.47. The van der Waals surface area contributed by atoms with Gasteiger partial charge in [0.2, 0.25) is 0 Å². The van der Waals surface area contributed by atoms with Crippen LogP contribution in [0, 0.1) is 5.82 Å². The summed E-state index contributed by atoms with van der Waals surface area (Å²) in [6.07, 6.45) is 0.600. The number of benzene rings is 3. The Balaban J connectivity index is 1.71. The molecule has 5 heteroatoms. The SMILES string of the molecule is COc1ccc([C@@H]2CC(c3ccccc3)=NN2C(=O)c2ccc(F)cc2)cc1. The van der Waals surface area contributed by atoms with Gasteiger partial charge in [0.1, 0.15) is 11.6 Å². The molecule has 0 bridgehead atoms. The van der Waals surface area contributed by atoms with Crippen molar-refractivity contribution in [2.24, 2.45) is 5.10 Å². The van der Waals surface area contributed by atoms with E-state index >= 15 is 0 Å². The van der Waals surface area contributed by atoms with E-state index < -0.39 is 0 Å². The topological polar surface area (TPSA) is 41.9 Å². The van der Waals surface area contributed by atoms with Crippen LogP contribution in [0.15, 0.2) is 84.0 Å². The molecular formula is C23H19FN2O2. The van der Waals surface area contributed by atoms with Gasteiger partial charge in [-0.2, -0.15) is 5.10 Å². The number of hydrogen-bond donors (Lipinski definition) is 0. The lowest BCUT2D eigenvalue weighted by Crippen LogP contribution is -2.27. The monoisotopic (exact) mass is 374 g/mol. The summed E-state index contributed by atoms with van der Waals surface area (Å²) in [6.45, 7) is 0. The summed E-state index contributed by atoms with van der Waals surface area (Å²) < 4.78 is 18.5. The Morgan fingerprint density at radius 3 is 2.32 bits per heavy atom. The number of amides is 1. The van der Waals surface area contributed by atoms with Crippen LogP contribution >= 0.6 is 0 Å². The predicted molar refractivity (Wildman–Crippen MR) is 106 cm³/mol. The molecule has 1 heterocycles. The summed E-state index contributed by atoms with van der Waals surface area (Å²) in [7, 11) is 1.62. The van der Waals surface area contributed by atoms with E-state index in [1.54, 1.807) is 7.11 Å². The molecule has 1 amide bonds. The molecule has 0 saturated carbocycles. The summed E-state index contributed by atoms with van der Waals surface area (Å²) in [5, 5.41) is 6.13. The second-order valence-corrected chi connectivity index (χ2v) is 6.56. The smallest absolute Gasteiger partial charge is 0.274 e. The van der Waals surface area contributed by atoms with E-state index in [0.29, 0.717) is 12.0 Å². The molecule has 1 aliphatic heterocycles. The first-order valence-electron chi connectivity index (χ1n) is 9.01. The van der Waals surface area contributed by atoms with Crippen LogP contribution in [0.3, 0.4) is 0 Å². The van der Waals surface area contributed by atoms with Gasteiger partial charge >= 0.3 is 0 Å². The van der Waals surface area contributed by atoms with Gasteiger partial charge in [-0.15, -0.1) is 0 Å². The maximum atomic E-state index is 13.3. The molecule has 0 unspecified atom stereocenters. The van der Waals surface area contributed by atoms with Crippen LogP contribution in [-0.4, -0.2) is 23.7 Å². The van der Waals surface area contributed by atoms with Crippen LogP contribution in [-0.2, 0) is 0 Å². The number of halogens is 1. The molecule has 3 aromatic rings. The summed E-state index contributed by atoms with van der Waals surface area (Å²) in [4.78, 5) is 13.1. The second kappa shape index (κ2) is 7.64. The van der Waals surface area contributed by atoms with Crippen LogP contribution in [0.1, 0.15) is 33.9 Å². The van der Waals surface area contributed by atoms with Gasteiger partial charge in [0, 0.05) is 12.0 Å². The molecule has 0 aromatic heterocycles. The number of ether oxygens (including phenoxy) is 1. The Morgan fingerprint density at radius 1 is 1.00 bits per heavy atom. The molecule has 28 heavy (non-hydrogen) atoms. The molecule has 0 aliphatic carbocycles. The van der Waals surface area contributed by atoms with E-state index in [-0.39, 0.29) is 17.8 Å². The standard InChI is InChI=1S/C23H19FN2O2/c1-28-20-13-9-17(10-14-20)22-15-21(16-5-3-2-4-6-16)25-26(22)23(27)18-7-11-19(24)12-8-18/h2-14,22H,15H2,1H3/t22-/m0/s1. The minimum absolute atomic E-state index is 0.237. The lowest BCUT2D eigenvalue weighted by Gasteiger charge is -2.22. The minimum Gasteiger partial charge on any atom is -0.497 e. The van der Waals surface area contributed by atoms with Crippen molar-refractivity contribution in [3.05, 3.63) is 101 Å². The predicted octanol–water partition coefficient (Wildman–Crippen LogP) is 4.83. The third-order valence-electron chi connectivity index (χ3n) is 4.82. The van der Waals surface area contributed by atoms with Gasteiger partial charge in [-0.1, -0.05) is 42.5 Å². The van der Waals surface area contributed by atoms with Crippen molar-refractivity contribution in [2.75, 3.05) is 7.11 Å². The van der Waals surface area contributed by atoms with Gasteiger partial charge in [0.05, 0.1) is 18.9 Å². The number of carbonyl (C=O) groups is 1. The highest BCUT2D eigenvalue weighted by Gasteiger charge is 2.33. The van der Waals surface area contributed by atoms with Crippen molar-refractivity contribution in [3.8, 4) is 5.75 Å². The molecule has 0 spiro atoms. The molecule has 4 rings (SSSR count). The highest BCUT2D eigenvalue weighted by atomic mass is 19.1. The lowest BCUT2D eigenvalue weighted by molar-refractivity contribution is 0.0711. The Kier molecular flexibility index (Phi) is 4.89. The lowest BCUT2D eigenvalue weighted by atomic mass is 9.98. The Bertz CT molecular complexity index is 999. The van der Waals surface area contributed by atoms with Crippen LogP contribution in [0.25, 0.3) is 0 Å². The van der Waals surface area contributed by atoms with Gasteiger partial charge in [-0.3, -0.25) is 4.79 Å². The van der Waals surface area contributed by atoms with Gasteiger partial charge in [-0.05, 0) is 47.5 Å². The van der Waals surface area contributed by atoms with Crippen LogP contribution in [0.2, 0.25) is 0 Å². The van der Waals surface area contributed by atoms with Gasteiger partial charge in [-0.25, -0.2) is 9.40 Å². The zero-order valence-electron chi connectivity index (χ0n) is 15.4. The van der Waals surface area contributed by atoms with Crippen LogP contribution in [0.4, 0.5) is 4.39 Å². The summed E-state index contributed by atoms with van der Waals surface area (Å²) in [5.41, 5.74) is 3.19. The third kappa shape index (κ3) is 3.51. The van der Waals surface area contributed by atoms with Crippen LogP contribution < -0.4 is 4.74 Å². The molecule has 3 aromatic carbocycles. The first-order chi connectivity index (χ1) is 13.7. The zero-order valence-corrected chi connectivity index (χ0v) is 15.4. The van der Waals surface area contributed by atoms with Gasteiger partial charge in [0.25, 0.3) is 5.91 Å². The first kappa shape index (κ1) is 17.9. The first-order valence-corrected chi connectivity index (χ1v) is 9.01. The third-order valence-corrected chi connectivity index (χ3v) is 4.82. The fraction of sp³-hybridized carbons (Fsp3) is 0.130. The quantitative estimate of drug-likeness (QED) is 0.657. The maximum absolute atomic E-state index is 13.3. The van der Waals surface area contributed by atoms with Crippen molar-refractivity contribution in [3.63, 3.8) is 0 Å². The molecule has 1 atom stereocenters. The van der Waals surface area contributed by atoms with Gasteiger partial charge < -0.3 is 4.74 Å². The summed E-state index contributed by atoms with van der Waals surface area (Å²) in [6, 6.07) is 22.7. The van der Waals surface area contributed by atoms with Crippen LogP contribution in [0.5, 0.6) is 5.75 Å². The Labute approximate surface area is 162 Å². The molecule has 0 saturated heterocycles. The van der Waals surface area contributed by atoms with E-state index in [1.165, 1.54) is 29.3 Å². The zero-order chi connectivity index (χ0) is 19.5. The maximum Gasteiger partial charge on any atom is 0.274 e. The van der Waals surface area contributed by atoms with Gasteiger partial charge in [0.15, 0.2) is 0 Å². The van der Waals surface area contributed by atoms with Crippen molar-refractivity contribution in [1.29, 1.82) is 0 Å². The minimum atomic E-state index is -0.377. The Morgan fingerprint density at radius 2 is 1.68 bits per heavy atom. The summed E-state index contributed by atoms with van der Waals surface area (Å²) >= 11 is 0. The highest BCUT2D eigenvalue weighted by Crippen LogP contribution is 2.34. The van der Waals surface area contributed by atoms with E-state index in [2.05, 4.69) is 5.10 Å². The fourth-order valence-corrected chi connectivity index (χ4v) is 3.31. The molecule has 140 valence electrons. The molecule has 0 fully saturated rings. The number of nitrogens with zero attached hydrogens (tertiary/aromatic N) is 2. The van der Waals surface area contributed by atoms with E-state index in [4.69, 9.17) is 4.74 Å². The van der Waals surface area contributed by atoms with Crippen molar-refractivity contribution in [1.82, 2.24) is 5.01 Å². The fourth-order valence-electron chi connectivity index (χ4n) is 3.31. The number of hydrazone groups is 1.